The minimum Gasteiger partial charge on any atom is -0.479 e. The van der Waals surface area contributed by atoms with Crippen molar-refractivity contribution in [1.82, 2.24) is 5.43 Å². The monoisotopic (exact) mass is 398 g/mol. The Morgan fingerprint density at radius 2 is 2.00 bits per heavy atom. The summed E-state index contributed by atoms with van der Waals surface area (Å²) < 4.78 is 5.61. The van der Waals surface area contributed by atoms with E-state index >= 15 is 0 Å². The fraction of sp³-hybridized carbons (Fsp3) is 0.600. The summed E-state index contributed by atoms with van der Waals surface area (Å²) in [4.78, 5) is 12.2. The third-order valence-electron chi connectivity index (χ3n) is 5.47. The highest BCUT2D eigenvalue weighted by Crippen LogP contribution is 2.39. The van der Waals surface area contributed by atoms with Crippen molar-refractivity contribution in [3.05, 3.63) is 28.2 Å². The van der Waals surface area contributed by atoms with Gasteiger partial charge >= 0.3 is 0 Å². The number of amides is 1. The molecule has 26 heavy (non-hydrogen) atoms. The molecule has 1 fully saturated rings. The van der Waals surface area contributed by atoms with Gasteiger partial charge in [0, 0.05) is 10.7 Å². The number of rotatable bonds is 6. The molecule has 6 heteroatoms. The highest BCUT2D eigenvalue weighted by atomic mass is 35.5. The average molecular weight is 399 g/mol. The molecule has 1 unspecified atom stereocenters. The molecule has 0 bridgehead atoms. The molecule has 0 spiro atoms. The van der Waals surface area contributed by atoms with Crippen LogP contribution in [0.15, 0.2) is 23.3 Å². The van der Waals surface area contributed by atoms with Crippen LogP contribution in [0.4, 0.5) is 0 Å². The molecule has 1 N–H and O–H groups in total. The van der Waals surface area contributed by atoms with Gasteiger partial charge in [0.15, 0.2) is 6.10 Å². The van der Waals surface area contributed by atoms with Crippen LogP contribution in [0.1, 0.15) is 59.8 Å². The van der Waals surface area contributed by atoms with Crippen molar-refractivity contribution in [3.8, 4) is 5.75 Å². The van der Waals surface area contributed by atoms with Crippen molar-refractivity contribution in [3.63, 3.8) is 0 Å². The molecule has 1 saturated carbocycles. The van der Waals surface area contributed by atoms with Gasteiger partial charge in [0.05, 0.1) is 5.02 Å². The maximum absolute atomic E-state index is 12.2. The van der Waals surface area contributed by atoms with E-state index in [0.717, 1.165) is 37.3 Å². The van der Waals surface area contributed by atoms with Gasteiger partial charge < -0.3 is 4.74 Å². The van der Waals surface area contributed by atoms with Crippen molar-refractivity contribution in [2.24, 2.45) is 16.4 Å². The zero-order valence-electron chi connectivity index (χ0n) is 15.9. The van der Waals surface area contributed by atoms with E-state index in [1.54, 1.807) is 25.1 Å². The standard InChI is InChI=1S/C20H28Cl2N2O2/c1-5-20(3,4)14-6-9-16(10-7-14)23-24-19(25)13(2)26-18-11-8-15(21)12-17(18)22/h8,11-14H,5-7,9-10H2,1-4H3,(H,24,25). The molecule has 4 nitrogen and oxygen atoms in total. The summed E-state index contributed by atoms with van der Waals surface area (Å²) in [5.74, 6) is 0.852. The molecule has 1 atom stereocenters. The normalized spacial score (nSPS) is 19.0. The molecule has 144 valence electrons. The lowest BCUT2D eigenvalue weighted by molar-refractivity contribution is -0.127. The second kappa shape index (κ2) is 9.09. The smallest absolute Gasteiger partial charge is 0.280 e. The van der Waals surface area contributed by atoms with Gasteiger partial charge in [-0.3, -0.25) is 4.79 Å². The van der Waals surface area contributed by atoms with Crippen molar-refractivity contribution in [2.45, 2.75) is 65.9 Å². The number of nitrogens with one attached hydrogen (secondary N) is 1. The lowest BCUT2D eigenvalue weighted by Gasteiger charge is -2.36. The van der Waals surface area contributed by atoms with E-state index in [4.69, 9.17) is 27.9 Å². The van der Waals surface area contributed by atoms with E-state index in [1.165, 1.54) is 6.42 Å². The van der Waals surface area contributed by atoms with Gasteiger partial charge in [0.1, 0.15) is 5.75 Å². The molecule has 2 rings (SSSR count). The summed E-state index contributed by atoms with van der Waals surface area (Å²) in [5.41, 5.74) is 4.05. The number of carbonyl (C=O) groups excluding carboxylic acids is 1. The predicted molar refractivity (Wildman–Crippen MR) is 108 cm³/mol. The topological polar surface area (TPSA) is 50.7 Å². The van der Waals surface area contributed by atoms with Crippen LogP contribution in [0.5, 0.6) is 5.75 Å². The number of nitrogens with zero attached hydrogens (tertiary/aromatic N) is 1. The van der Waals surface area contributed by atoms with Gasteiger partial charge in [-0.2, -0.15) is 5.10 Å². The molecule has 1 aliphatic rings. The van der Waals surface area contributed by atoms with Crippen molar-refractivity contribution in [2.75, 3.05) is 0 Å². The molecule has 0 saturated heterocycles. The van der Waals surface area contributed by atoms with Gasteiger partial charge in [-0.15, -0.1) is 0 Å². The Labute approximate surface area is 166 Å². The van der Waals surface area contributed by atoms with Crippen LogP contribution < -0.4 is 10.2 Å². The molecule has 0 radical (unpaired) electrons. The van der Waals surface area contributed by atoms with E-state index in [0.29, 0.717) is 21.2 Å². The zero-order chi connectivity index (χ0) is 19.3. The molecular weight excluding hydrogens is 371 g/mol. The van der Waals surface area contributed by atoms with Crippen molar-refractivity contribution < 1.29 is 9.53 Å². The Balaban J connectivity index is 1.85. The van der Waals surface area contributed by atoms with Crippen LogP contribution >= 0.6 is 23.2 Å². The highest BCUT2D eigenvalue weighted by Gasteiger charge is 2.30. The highest BCUT2D eigenvalue weighted by molar-refractivity contribution is 6.35. The van der Waals surface area contributed by atoms with Crippen molar-refractivity contribution >= 4 is 34.8 Å². The second-order valence-corrected chi connectivity index (χ2v) is 8.45. The van der Waals surface area contributed by atoms with Crippen LogP contribution in [0.2, 0.25) is 10.0 Å². The van der Waals surface area contributed by atoms with Crippen LogP contribution in [0.25, 0.3) is 0 Å². The molecule has 1 amide bonds. The van der Waals surface area contributed by atoms with Gasteiger partial charge in [-0.05, 0) is 62.1 Å². The Bertz CT molecular complexity index is 664. The minimum absolute atomic E-state index is 0.292. The third-order valence-corrected chi connectivity index (χ3v) is 6.00. The number of benzene rings is 1. The molecule has 0 aromatic heterocycles. The average Bonchev–Trinajstić information content (AvgIpc) is 2.62. The first-order valence-corrected chi connectivity index (χ1v) is 9.95. The van der Waals surface area contributed by atoms with Crippen LogP contribution in [0.3, 0.4) is 0 Å². The summed E-state index contributed by atoms with van der Waals surface area (Å²) in [5, 5.41) is 5.20. The zero-order valence-corrected chi connectivity index (χ0v) is 17.5. The lowest BCUT2D eigenvalue weighted by atomic mass is 9.69. The number of hydrazone groups is 1. The first kappa shape index (κ1) is 21.0. The summed E-state index contributed by atoms with van der Waals surface area (Å²) in [6, 6.07) is 4.90. The lowest BCUT2D eigenvalue weighted by Crippen LogP contribution is -2.35. The number of ether oxygens (including phenoxy) is 1. The SMILES string of the molecule is CCC(C)(C)C1CCC(=NNC(=O)C(C)Oc2ccc(Cl)cc2Cl)CC1. The maximum Gasteiger partial charge on any atom is 0.280 e. The summed E-state index contributed by atoms with van der Waals surface area (Å²) >= 11 is 11.9. The minimum atomic E-state index is -0.701. The van der Waals surface area contributed by atoms with Gasteiger partial charge in [0.25, 0.3) is 5.91 Å². The third kappa shape index (κ3) is 5.62. The predicted octanol–water partition coefficient (Wildman–Crippen LogP) is 5.86. The molecule has 0 aliphatic heterocycles. The summed E-state index contributed by atoms with van der Waals surface area (Å²) in [6.45, 7) is 8.59. The van der Waals surface area contributed by atoms with E-state index in [-0.39, 0.29) is 5.91 Å². The number of hydrogen-bond donors (Lipinski definition) is 1. The van der Waals surface area contributed by atoms with E-state index in [9.17, 15) is 4.79 Å². The molecule has 1 aliphatic carbocycles. The summed E-state index contributed by atoms with van der Waals surface area (Å²) in [6.07, 6.45) is 4.61. The fourth-order valence-corrected chi connectivity index (χ4v) is 3.63. The number of carbonyl (C=O) groups is 1. The Morgan fingerprint density at radius 3 is 2.58 bits per heavy atom. The van der Waals surface area contributed by atoms with E-state index in [1.807, 2.05) is 0 Å². The van der Waals surface area contributed by atoms with Gasteiger partial charge in [-0.1, -0.05) is 50.4 Å². The van der Waals surface area contributed by atoms with Crippen LogP contribution in [0, 0.1) is 11.3 Å². The maximum atomic E-state index is 12.2. The number of hydrogen-bond acceptors (Lipinski definition) is 3. The Morgan fingerprint density at radius 1 is 1.35 bits per heavy atom. The largest absolute Gasteiger partial charge is 0.479 e. The van der Waals surface area contributed by atoms with Gasteiger partial charge in [0.2, 0.25) is 0 Å². The molecular formula is C20H28Cl2N2O2. The van der Waals surface area contributed by atoms with Crippen molar-refractivity contribution in [1.29, 1.82) is 0 Å². The Hall–Kier alpha value is -1.26. The quantitative estimate of drug-likeness (QED) is 0.609. The summed E-state index contributed by atoms with van der Waals surface area (Å²) in [7, 11) is 0. The first-order chi connectivity index (χ1) is 12.2. The van der Waals surface area contributed by atoms with E-state index in [2.05, 4.69) is 31.3 Å². The fourth-order valence-electron chi connectivity index (χ4n) is 3.17. The second-order valence-electron chi connectivity index (χ2n) is 7.61. The van der Waals surface area contributed by atoms with Gasteiger partial charge in [-0.25, -0.2) is 5.43 Å². The molecule has 1 aromatic carbocycles. The first-order valence-electron chi connectivity index (χ1n) is 9.20. The van der Waals surface area contributed by atoms with E-state index < -0.39 is 6.10 Å². The number of halogens is 2. The Kier molecular flexibility index (Phi) is 7.36. The van der Waals surface area contributed by atoms with Crippen LogP contribution in [-0.2, 0) is 4.79 Å². The van der Waals surface area contributed by atoms with Crippen LogP contribution in [-0.4, -0.2) is 17.7 Å². The molecule has 0 heterocycles. The molecule has 1 aromatic rings.